The van der Waals surface area contributed by atoms with E-state index in [1.807, 2.05) is 0 Å². The molecule has 1 heterocycles. The molecule has 1 saturated heterocycles. The van der Waals surface area contributed by atoms with Crippen LogP contribution in [-0.2, 0) is 9.53 Å². The van der Waals surface area contributed by atoms with E-state index in [2.05, 4.69) is 5.32 Å². The van der Waals surface area contributed by atoms with Gasteiger partial charge in [0.05, 0.1) is 6.04 Å². The molecule has 104 valence electrons. The second-order valence-corrected chi connectivity index (χ2v) is 5.75. The van der Waals surface area contributed by atoms with Gasteiger partial charge in [-0.1, -0.05) is 0 Å². The van der Waals surface area contributed by atoms with Gasteiger partial charge < -0.3 is 10.1 Å². The maximum atomic E-state index is 12.0. The number of alkyl carbamates (subject to hydrolysis) is 1. The Kier molecular flexibility index (Phi) is 4.70. The van der Waals surface area contributed by atoms with Crippen LogP contribution in [0.25, 0.3) is 0 Å². The fourth-order valence-electron chi connectivity index (χ4n) is 1.93. The fourth-order valence-corrected chi connectivity index (χ4v) is 1.93. The highest BCUT2D eigenvalue weighted by molar-refractivity contribution is 5.89. The predicted molar refractivity (Wildman–Crippen MR) is 67.7 cm³/mol. The Bertz CT molecular complexity index is 325. The lowest BCUT2D eigenvalue weighted by Gasteiger charge is -2.22. The summed E-state index contributed by atoms with van der Waals surface area (Å²) in [5.74, 6) is 5.53. The Morgan fingerprint density at radius 1 is 1.44 bits per heavy atom. The van der Waals surface area contributed by atoms with E-state index in [0.717, 1.165) is 13.0 Å². The fraction of sp³-hybridized carbons (Fsp3) is 0.833. The monoisotopic (exact) mass is 257 g/mol. The lowest BCUT2D eigenvalue weighted by molar-refractivity contribution is -0.124. The molecule has 0 spiro atoms. The van der Waals surface area contributed by atoms with E-state index < -0.39 is 17.7 Å². The molecular weight excluding hydrogens is 234 g/mol. The van der Waals surface area contributed by atoms with E-state index in [4.69, 9.17) is 10.6 Å². The molecule has 3 N–H and O–H groups in total. The molecule has 0 aromatic carbocycles. The van der Waals surface area contributed by atoms with Gasteiger partial charge in [0, 0.05) is 19.0 Å². The van der Waals surface area contributed by atoms with Gasteiger partial charge in [-0.15, -0.1) is 0 Å². The number of ketones is 1. The Morgan fingerprint density at radius 2 is 2.06 bits per heavy atom. The third kappa shape index (κ3) is 4.62. The average molecular weight is 257 g/mol. The number of hydrogen-bond acceptors (Lipinski definition) is 5. The van der Waals surface area contributed by atoms with Gasteiger partial charge in [-0.3, -0.25) is 10.6 Å². The van der Waals surface area contributed by atoms with Crippen LogP contribution in [0.15, 0.2) is 0 Å². The zero-order valence-corrected chi connectivity index (χ0v) is 11.5. The number of hydrogen-bond donors (Lipinski definition) is 2. The van der Waals surface area contributed by atoms with Crippen LogP contribution >= 0.6 is 0 Å². The molecule has 1 rings (SSSR count). The summed E-state index contributed by atoms with van der Waals surface area (Å²) in [6.45, 7) is 8.28. The topological polar surface area (TPSA) is 84.7 Å². The van der Waals surface area contributed by atoms with E-state index in [0.29, 0.717) is 6.54 Å². The molecule has 0 bridgehead atoms. The van der Waals surface area contributed by atoms with Crippen LogP contribution in [-0.4, -0.2) is 41.6 Å². The molecule has 1 aliphatic rings. The first kappa shape index (κ1) is 14.9. The highest BCUT2D eigenvalue weighted by Crippen LogP contribution is 2.16. The molecule has 0 aromatic heterocycles. The molecule has 1 amide bonds. The lowest BCUT2D eigenvalue weighted by atomic mass is 9.98. The summed E-state index contributed by atoms with van der Waals surface area (Å²) in [6.07, 6.45) is 0.182. The first-order valence-corrected chi connectivity index (χ1v) is 6.22. The van der Waals surface area contributed by atoms with Gasteiger partial charge in [-0.05, 0) is 34.1 Å². The second kappa shape index (κ2) is 5.67. The molecule has 18 heavy (non-hydrogen) atoms. The number of Topliss-reactive ketones (excluding diaryl/α,β-unsaturated/α-hetero) is 1. The lowest BCUT2D eigenvalue weighted by Crippen LogP contribution is -2.44. The Labute approximate surface area is 108 Å². The van der Waals surface area contributed by atoms with Crippen LogP contribution in [0.2, 0.25) is 0 Å². The Morgan fingerprint density at radius 3 is 2.50 bits per heavy atom. The molecule has 2 atom stereocenters. The minimum atomic E-state index is -0.564. The van der Waals surface area contributed by atoms with Crippen LogP contribution in [0, 0.1) is 5.92 Å². The first-order valence-electron chi connectivity index (χ1n) is 6.22. The summed E-state index contributed by atoms with van der Waals surface area (Å²) < 4.78 is 5.10. The van der Waals surface area contributed by atoms with Gasteiger partial charge in [0.15, 0.2) is 5.78 Å². The zero-order chi connectivity index (χ0) is 13.9. The molecule has 1 fully saturated rings. The van der Waals surface area contributed by atoms with Crippen molar-refractivity contribution in [3.63, 3.8) is 0 Å². The Balaban J connectivity index is 2.43. The molecule has 6 heteroatoms. The number of rotatable bonds is 3. The van der Waals surface area contributed by atoms with E-state index in [1.54, 1.807) is 32.7 Å². The first-order chi connectivity index (χ1) is 8.19. The smallest absolute Gasteiger partial charge is 0.408 e. The summed E-state index contributed by atoms with van der Waals surface area (Å²) in [7, 11) is 0. The minimum absolute atomic E-state index is 0.00816. The van der Waals surface area contributed by atoms with E-state index >= 15 is 0 Å². The van der Waals surface area contributed by atoms with Crippen molar-refractivity contribution >= 4 is 11.9 Å². The minimum Gasteiger partial charge on any atom is -0.444 e. The third-order valence-electron chi connectivity index (χ3n) is 2.78. The van der Waals surface area contributed by atoms with Crippen molar-refractivity contribution in [1.82, 2.24) is 10.3 Å². The number of amides is 1. The van der Waals surface area contributed by atoms with Crippen molar-refractivity contribution in [3.8, 4) is 0 Å². The predicted octanol–water partition coefficient (Wildman–Crippen LogP) is 0.664. The number of nitrogens with one attached hydrogen (secondary N) is 1. The van der Waals surface area contributed by atoms with E-state index in [-0.39, 0.29) is 11.7 Å². The van der Waals surface area contributed by atoms with Crippen molar-refractivity contribution in [1.29, 1.82) is 0 Å². The summed E-state index contributed by atoms with van der Waals surface area (Å²) in [5.41, 5.74) is -0.561. The largest absolute Gasteiger partial charge is 0.444 e. The molecule has 0 aliphatic carbocycles. The van der Waals surface area contributed by atoms with Crippen molar-refractivity contribution in [2.75, 3.05) is 13.1 Å². The molecule has 1 aliphatic heterocycles. The van der Waals surface area contributed by atoms with E-state index in [1.165, 1.54) is 0 Å². The molecule has 2 unspecified atom stereocenters. The summed E-state index contributed by atoms with van der Waals surface area (Å²) in [4.78, 5) is 23.6. The van der Waals surface area contributed by atoms with Crippen LogP contribution in [0.5, 0.6) is 0 Å². The van der Waals surface area contributed by atoms with Gasteiger partial charge in [0.1, 0.15) is 5.60 Å². The maximum Gasteiger partial charge on any atom is 0.408 e. The normalized spacial score (nSPS) is 22.6. The standard InChI is InChI=1S/C12H23N3O3/c1-8(14-11(17)18-12(2,3)4)10(16)9-5-6-15(13)7-9/h8-9H,5-7,13H2,1-4H3,(H,14,17). The van der Waals surface area contributed by atoms with Crippen molar-refractivity contribution in [2.24, 2.45) is 11.8 Å². The van der Waals surface area contributed by atoms with Crippen LogP contribution in [0.3, 0.4) is 0 Å². The molecular formula is C12H23N3O3. The van der Waals surface area contributed by atoms with Gasteiger partial charge in [-0.2, -0.15) is 0 Å². The summed E-state index contributed by atoms with van der Waals surface area (Å²) >= 11 is 0. The number of ether oxygens (including phenoxy) is 1. The van der Waals surface area contributed by atoms with Gasteiger partial charge in [0.2, 0.25) is 0 Å². The highest BCUT2D eigenvalue weighted by atomic mass is 16.6. The quantitative estimate of drug-likeness (QED) is 0.726. The molecule has 0 aromatic rings. The van der Waals surface area contributed by atoms with Crippen LogP contribution in [0.1, 0.15) is 34.1 Å². The maximum absolute atomic E-state index is 12.0. The van der Waals surface area contributed by atoms with Gasteiger partial charge >= 0.3 is 6.09 Å². The average Bonchev–Trinajstić information content (AvgIpc) is 2.60. The van der Waals surface area contributed by atoms with Crippen LogP contribution < -0.4 is 11.2 Å². The molecule has 0 radical (unpaired) electrons. The van der Waals surface area contributed by atoms with Gasteiger partial charge in [-0.25, -0.2) is 9.80 Å². The third-order valence-corrected chi connectivity index (χ3v) is 2.78. The zero-order valence-electron chi connectivity index (χ0n) is 11.5. The van der Waals surface area contributed by atoms with Gasteiger partial charge in [0.25, 0.3) is 0 Å². The number of carbonyl (C=O) groups excluding carboxylic acids is 2. The van der Waals surface area contributed by atoms with Crippen molar-refractivity contribution < 1.29 is 14.3 Å². The Hall–Kier alpha value is -1.14. The summed E-state index contributed by atoms with van der Waals surface area (Å²) in [6, 6.07) is -0.545. The van der Waals surface area contributed by atoms with Crippen molar-refractivity contribution in [3.05, 3.63) is 0 Å². The SMILES string of the molecule is CC(NC(=O)OC(C)(C)C)C(=O)C1CCN(N)C1. The summed E-state index contributed by atoms with van der Waals surface area (Å²) in [5, 5.41) is 4.19. The molecule has 0 saturated carbocycles. The number of hydrazine groups is 1. The van der Waals surface area contributed by atoms with Crippen LogP contribution in [0.4, 0.5) is 4.79 Å². The van der Waals surface area contributed by atoms with Crippen molar-refractivity contribution in [2.45, 2.75) is 45.8 Å². The number of carbonyl (C=O) groups is 2. The van der Waals surface area contributed by atoms with E-state index in [9.17, 15) is 9.59 Å². The second-order valence-electron chi connectivity index (χ2n) is 5.75. The molecule has 6 nitrogen and oxygen atoms in total. The highest BCUT2D eigenvalue weighted by Gasteiger charge is 2.31. The number of nitrogens with zero attached hydrogens (tertiary/aromatic N) is 1. The number of nitrogens with two attached hydrogens (primary N) is 1.